The van der Waals surface area contributed by atoms with Gasteiger partial charge in [0, 0.05) is 31.7 Å². The molecule has 0 aromatic heterocycles. The highest BCUT2D eigenvalue weighted by Crippen LogP contribution is 2.37. The molecule has 20 heavy (non-hydrogen) atoms. The maximum absolute atomic E-state index is 12.4. The first-order valence-corrected chi connectivity index (χ1v) is 9.07. The van der Waals surface area contributed by atoms with Crippen LogP contribution in [0.15, 0.2) is 0 Å². The van der Waals surface area contributed by atoms with Crippen LogP contribution in [0.3, 0.4) is 0 Å². The first-order valence-electron chi connectivity index (χ1n) is 7.63. The van der Waals surface area contributed by atoms with Crippen molar-refractivity contribution in [2.24, 2.45) is 17.6 Å². The number of piperidine rings is 1. The Balaban J connectivity index is 1.62. The average Bonchev–Trinajstić information content (AvgIpc) is 2.45. The molecule has 3 fully saturated rings. The molecule has 2 heterocycles. The van der Waals surface area contributed by atoms with Gasteiger partial charge >= 0.3 is 0 Å². The number of nitrogens with one attached hydrogen (secondary N) is 1. The van der Waals surface area contributed by atoms with Crippen LogP contribution in [0.25, 0.3) is 0 Å². The number of fused-ring (bicyclic) bond motifs is 1. The van der Waals surface area contributed by atoms with Gasteiger partial charge in [0.15, 0.2) is 0 Å². The lowest BCUT2D eigenvalue weighted by atomic mass is 9.69. The van der Waals surface area contributed by atoms with Gasteiger partial charge in [0.2, 0.25) is 0 Å². The molecule has 1 saturated carbocycles. The molecule has 3 rings (SSSR count). The van der Waals surface area contributed by atoms with E-state index in [-0.39, 0.29) is 18.2 Å². The SMILES string of the molecule is CC1CCN(S(=O)(=O)NC2C(N)C3CCCOC32)CC1. The number of ether oxygens (including phenoxy) is 1. The average molecular weight is 303 g/mol. The van der Waals surface area contributed by atoms with Gasteiger partial charge in [-0.3, -0.25) is 0 Å². The lowest BCUT2D eigenvalue weighted by molar-refractivity contribution is -0.114. The van der Waals surface area contributed by atoms with Gasteiger partial charge in [0.25, 0.3) is 10.2 Å². The highest BCUT2D eigenvalue weighted by atomic mass is 32.2. The summed E-state index contributed by atoms with van der Waals surface area (Å²) in [6.07, 6.45) is 3.90. The molecule has 3 N–H and O–H groups in total. The zero-order valence-electron chi connectivity index (χ0n) is 12.0. The molecular weight excluding hydrogens is 278 g/mol. The van der Waals surface area contributed by atoms with Crippen molar-refractivity contribution in [1.82, 2.24) is 9.03 Å². The smallest absolute Gasteiger partial charge is 0.279 e. The molecule has 6 nitrogen and oxygen atoms in total. The van der Waals surface area contributed by atoms with E-state index in [0.717, 1.165) is 25.7 Å². The van der Waals surface area contributed by atoms with Crippen LogP contribution in [0.5, 0.6) is 0 Å². The number of rotatable bonds is 3. The van der Waals surface area contributed by atoms with Crippen LogP contribution in [0.4, 0.5) is 0 Å². The molecule has 1 aliphatic carbocycles. The summed E-state index contributed by atoms with van der Waals surface area (Å²) in [6, 6.07) is -0.372. The zero-order valence-corrected chi connectivity index (χ0v) is 12.8. The maximum atomic E-state index is 12.4. The summed E-state index contributed by atoms with van der Waals surface area (Å²) >= 11 is 0. The largest absolute Gasteiger partial charge is 0.376 e. The third-order valence-corrected chi connectivity index (χ3v) is 6.66. The summed E-state index contributed by atoms with van der Waals surface area (Å²) in [6.45, 7) is 4.09. The molecule has 2 aliphatic heterocycles. The van der Waals surface area contributed by atoms with Gasteiger partial charge in [-0.15, -0.1) is 0 Å². The fourth-order valence-corrected chi connectivity index (χ4v) is 5.04. The van der Waals surface area contributed by atoms with Gasteiger partial charge in [-0.05, 0) is 31.6 Å². The molecule has 116 valence electrons. The van der Waals surface area contributed by atoms with Crippen molar-refractivity contribution in [2.45, 2.75) is 50.8 Å². The Morgan fingerprint density at radius 3 is 2.65 bits per heavy atom. The molecule has 0 radical (unpaired) electrons. The number of hydrogen-bond acceptors (Lipinski definition) is 4. The number of nitrogens with two attached hydrogens (primary N) is 1. The second kappa shape index (κ2) is 5.53. The molecule has 4 atom stereocenters. The lowest BCUT2D eigenvalue weighted by Crippen LogP contribution is -2.72. The van der Waals surface area contributed by atoms with E-state index in [2.05, 4.69) is 11.6 Å². The third-order valence-electron chi connectivity index (χ3n) is 5.04. The van der Waals surface area contributed by atoms with E-state index < -0.39 is 10.2 Å². The van der Waals surface area contributed by atoms with Gasteiger partial charge < -0.3 is 10.5 Å². The molecule has 0 aromatic carbocycles. The number of hydrogen-bond donors (Lipinski definition) is 2. The predicted molar refractivity (Wildman–Crippen MR) is 76.3 cm³/mol. The van der Waals surface area contributed by atoms with Crippen molar-refractivity contribution < 1.29 is 13.2 Å². The maximum Gasteiger partial charge on any atom is 0.279 e. The Hall–Kier alpha value is -0.210. The third kappa shape index (κ3) is 2.62. The van der Waals surface area contributed by atoms with Gasteiger partial charge in [-0.1, -0.05) is 6.92 Å². The monoisotopic (exact) mass is 303 g/mol. The van der Waals surface area contributed by atoms with Crippen LogP contribution in [0.1, 0.15) is 32.6 Å². The van der Waals surface area contributed by atoms with Crippen LogP contribution in [0.2, 0.25) is 0 Å². The molecule has 0 aromatic rings. The van der Waals surface area contributed by atoms with Crippen molar-refractivity contribution in [3.05, 3.63) is 0 Å². The summed E-state index contributed by atoms with van der Waals surface area (Å²) in [7, 11) is -3.43. The first kappa shape index (κ1) is 14.7. The van der Waals surface area contributed by atoms with Crippen LogP contribution >= 0.6 is 0 Å². The Morgan fingerprint density at radius 1 is 1.25 bits per heavy atom. The lowest BCUT2D eigenvalue weighted by Gasteiger charge is -2.52. The fourth-order valence-electron chi connectivity index (χ4n) is 3.57. The van der Waals surface area contributed by atoms with Crippen molar-refractivity contribution in [3.63, 3.8) is 0 Å². The molecular formula is C13H25N3O3S. The van der Waals surface area contributed by atoms with Crippen LogP contribution in [-0.2, 0) is 14.9 Å². The van der Waals surface area contributed by atoms with Crippen LogP contribution < -0.4 is 10.5 Å². The standard InChI is InChI=1S/C13H25N3O3S/c1-9-4-6-16(7-5-9)20(17,18)15-12-11(14)10-3-2-8-19-13(10)12/h9-13,15H,2-8,14H2,1H3. The molecule has 4 unspecified atom stereocenters. The predicted octanol–water partition coefficient (Wildman–Crippen LogP) is 0.0574. The molecule has 0 bridgehead atoms. The highest BCUT2D eigenvalue weighted by molar-refractivity contribution is 7.87. The van der Waals surface area contributed by atoms with E-state index in [0.29, 0.717) is 31.5 Å². The quantitative estimate of drug-likeness (QED) is 0.772. The molecule has 3 aliphatic rings. The van der Waals surface area contributed by atoms with E-state index in [1.165, 1.54) is 0 Å². The van der Waals surface area contributed by atoms with E-state index in [4.69, 9.17) is 10.5 Å². The fraction of sp³-hybridized carbons (Fsp3) is 1.00. The minimum absolute atomic E-state index is 0.0303. The minimum Gasteiger partial charge on any atom is -0.376 e. The van der Waals surface area contributed by atoms with E-state index in [1.54, 1.807) is 4.31 Å². The Kier molecular flexibility index (Phi) is 4.07. The van der Waals surface area contributed by atoms with Crippen molar-refractivity contribution in [2.75, 3.05) is 19.7 Å². The molecule has 0 amide bonds. The Bertz CT molecular complexity index is 448. The molecule has 0 spiro atoms. The number of nitrogens with zero attached hydrogens (tertiary/aromatic N) is 1. The Morgan fingerprint density at radius 2 is 1.95 bits per heavy atom. The minimum atomic E-state index is -3.43. The summed E-state index contributed by atoms with van der Waals surface area (Å²) in [5.41, 5.74) is 6.11. The van der Waals surface area contributed by atoms with E-state index >= 15 is 0 Å². The van der Waals surface area contributed by atoms with Gasteiger partial charge in [-0.2, -0.15) is 17.4 Å². The van der Waals surface area contributed by atoms with E-state index in [9.17, 15) is 8.42 Å². The van der Waals surface area contributed by atoms with Gasteiger partial charge in [0.1, 0.15) is 0 Å². The van der Waals surface area contributed by atoms with Crippen LogP contribution in [0, 0.1) is 11.8 Å². The van der Waals surface area contributed by atoms with Crippen LogP contribution in [-0.4, -0.2) is 50.6 Å². The summed E-state index contributed by atoms with van der Waals surface area (Å²) < 4.78 is 34.8. The highest BCUT2D eigenvalue weighted by Gasteiger charge is 2.52. The zero-order chi connectivity index (χ0) is 14.3. The molecule has 2 saturated heterocycles. The van der Waals surface area contributed by atoms with Crippen molar-refractivity contribution in [1.29, 1.82) is 0 Å². The summed E-state index contributed by atoms with van der Waals surface area (Å²) in [4.78, 5) is 0. The summed E-state index contributed by atoms with van der Waals surface area (Å²) in [5, 5.41) is 0. The normalized spacial score (nSPS) is 40.1. The van der Waals surface area contributed by atoms with Gasteiger partial charge in [0.05, 0.1) is 12.1 Å². The second-order valence-electron chi connectivity index (χ2n) is 6.45. The van der Waals surface area contributed by atoms with Gasteiger partial charge in [-0.25, -0.2) is 0 Å². The molecule has 7 heteroatoms. The second-order valence-corrected chi connectivity index (χ2v) is 8.15. The first-order chi connectivity index (χ1) is 9.49. The van der Waals surface area contributed by atoms with Crippen molar-refractivity contribution >= 4 is 10.2 Å². The topological polar surface area (TPSA) is 84.7 Å². The van der Waals surface area contributed by atoms with E-state index in [1.807, 2.05) is 0 Å². The Labute approximate surface area is 121 Å². The van der Waals surface area contributed by atoms with Crippen molar-refractivity contribution in [3.8, 4) is 0 Å². The summed E-state index contributed by atoms with van der Waals surface area (Å²) in [5.74, 6) is 0.927.